The van der Waals surface area contributed by atoms with Crippen LogP contribution in [0.3, 0.4) is 0 Å². The molecule has 90 valence electrons. The molecule has 0 aliphatic rings. The Hall–Kier alpha value is -0.260. The van der Waals surface area contributed by atoms with Gasteiger partial charge in [0.1, 0.15) is 0 Å². The van der Waals surface area contributed by atoms with Crippen LogP contribution in [-0.2, 0) is 9.53 Å². The van der Waals surface area contributed by atoms with Gasteiger partial charge >= 0.3 is 0 Å². The molecule has 2 unspecified atom stereocenters. The van der Waals surface area contributed by atoms with Crippen LogP contribution in [0.25, 0.3) is 0 Å². The molecule has 0 spiro atoms. The van der Waals surface area contributed by atoms with Crippen molar-refractivity contribution < 1.29 is 9.53 Å². The highest BCUT2D eigenvalue weighted by atomic mass is 32.2. The zero-order valence-corrected chi connectivity index (χ0v) is 10.6. The van der Waals surface area contributed by atoms with Crippen molar-refractivity contribution in [3.05, 3.63) is 0 Å². The van der Waals surface area contributed by atoms with E-state index in [2.05, 4.69) is 12.2 Å². The molecule has 3 N–H and O–H groups in total. The lowest BCUT2D eigenvalue weighted by molar-refractivity contribution is -0.123. The first kappa shape index (κ1) is 14.7. The summed E-state index contributed by atoms with van der Waals surface area (Å²) in [6.45, 7) is 2.58. The molecule has 0 saturated carbocycles. The van der Waals surface area contributed by atoms with Crippen LogP contribution in [0.1, 0.15) is 19.8 Å². The maximum absolute atomic E-state index is 11.6. The summed E-state index contributed by atoms with van der Waals surface area (Å²) in [6, 6.07) is -0.234. The van der Waals surface area contributed by atoms with Crippen molar-refractivity contribution in [2.24, 2.45) is 5.73 Å². The molecule has 15 heavy (non-hydrogen) atoms. The molecule has 4 nitrogen and oxygen atoms in total. The van der Waals surface area contributed by atoms with Gasteiger partial charge in [-0.1, -0.05) is 6.92 Å². The lowest BCUT2D eigenvalue weighted by atomic mass is 10.2. The van der Waals surface area contributed by atoms with E-state index in [4.69, 9.17) is 10.5 Å². The van der Waals surface area contributed by atoms with Gasteiger partial charge in [0, 0.05) is 25.5 Å². The predicted octanol–water partition coefficient (Wildman–Crippen LogP) is 0.608. The molecule has 0 aromatic carbocycles. The highest BCUT2D eigenvalue weighted by molar-refractivity contribution is 7.98. The summed E-state index contributed by atoms with van der Waals surface area (Å²) < 4.78 is 4.88. The van der Waals surface area contributed by atoms with Crippen molar-refractivity contribution >= 4 is 17.7 Å². The van der Waals surface area contributed by atoms with E-state index in [0.29, 0.717) is 13.0 Å². The molecule has 0 aromatic heterocycles. The number of nitrogens with one attached hydrogen (secondary N) is 1. The number of rotatable bonds is 8. The van der Waals surface area contributed by atoms with Crippen LogP contribution in [0.4, 0.5) is 0 Å². The molecule has 0 saturated heterocycles. The van der Waals surface area contributed by atoms with Crippen LogP contribution in [0.5, 0.6) is 0 Å². The van der Waals surface area contributed by atoms with Crippen LogP contribution in [-0.4, -0.2) is 43.7 Å². The monoisotopic (exact) mass is 234 g/mol. The second-order valence-corrected chi connectivity index (χ2v) is 4.37. The van der Waals surface area contributed by atoms with Gasteiger partial charge in [-0.3, -0.25) is 4.79 Å². The largest absolute Gasteiger partial charge is 0.385 e. The van der Waals surface area contributed by atoms with Gasteiger partial charge in [0.15, 0.2) is 0 Å². The van der Waals surface area contributed by atoms with Crippen molar-refractivity contribution in [1.82, 2.24) is 5.32 Å². The van der Waals surface area contributed by atoms with Gasteiger partial charge in [0.05, 0.1) is 6.04 Å². The Bertz CT molecular complexity index is 179. The normalized spacial score (nSPS) is 14.7. The summed E-state index contributed by atoms with van der Waals surface area (Å²) in [7, 11) is 1.60. The first-order valence-corrected chi connectivity index (χ1v) is 6.58. The van der Waals surface area contributed by atoms with Crippen LogP contribution >= 0.6 is 11.8 Å². The van der Waals surface area contributed by atoms with Gasteiger partial charge in [-0.05, 0) is 19.1 Å². The van der Waals surface area contributed by atoms with Crippen LogP contribution in [0.15, 0.2) is 0 Å². The smallest absolute Gasteiger partial charge is 0.237 e. The van der Waals surface area contributed by atoms with E-state index in [-0.39, 0.29) is 11.9 Å². The molecule has 0 aromatic rings. The Balaban J connectivity index is 3.87. The number of carbonyl (C=O) groups is 1. The number of thioether (sulfide) groups is 1. The van der Waals surface area contributed by atoms with E-state index in [1.165, 1.54) is 0 Å². The van der Waals surface area contributed by atoms with Crippen molar-refractivity contribution in [2.45, 2.75) is 31.8 Å². The number of ether oxygens (including phenoxy) is 1. The fourth-order valence-electron chi connectivity index (χ4n) is 1.15. The van der Waals surface area contributed by atoms with Gasteiger partial charge in [-0.25, -0.2) is 0 Å². The summed E-state index contributed by atoms with van der Waals surface area (Å²) in [5, 5.41) is 2.94. The highest BCUT2D eigenvalue weighted by Crippen LogP contribution is 2.01. The second kappa shape index (κ2) is 9.00. The molecule has 2 atom stereocenters. The van der Waals surface area contributed by atoms with Gasteiger partial charge in [-0.2, -0.15) is 11.8 Å². The molecule has 0 radical (unpaired) electrons. The average Bonchev–Trinajstić information content (AvgIpc) is 2.24. The van der Waals surface area contributed by atoms with Crippen molar-refractivity contribution in [3.63, 3.8) is 0 Å². The average molecular weight is 234 g/mol. The third-order valence-electron chi connectivity index (χ3n) is 2.18. The third kappa shape index (κ3) is 6.76. The molecule has 0 bridgehead atoms. The fraction of sp³-hybridized carbons (Fsp3) is 0.900. The van der Waals surface area contributed by atoms with Crippen molar-refractivity contribution in [3.8, 4) is 0 Å². The van der Waals surface area contributed by atoms with Crippen molar-refractivity contribution in [1.29, 1.82) is 0 Å². The van der Waals surface area contributed by atoms with Gasteiger partial charge in [0.2, 0.25) is 5.91 Å². The highest BCUT2D eigenvalue weighted by Gasteiger charge is 2.16. The molecule has 0 rings (SSSR count). The minimum atomic E-state index is -0.458. The molecule has 0 aliphatic heterocycles. The number of hydrogen-bond acceptors (Lipinski definition) is 4. The Labute approximate surface area is 96.3 Å². The number of amides is 1. The summed E-state index contributed by atoms with van der Waals surface area (Å²) in [5.41, 5.74) is 5.70. The summed E-state index contributed by atoms with van der Waals surface area (Å²) in [4.78, 5) is 11.6. The number of nitrogens with two attached hydrogens (primary N) is 1. The van der Waals surface area contributed by atoms with E-state index in [1.807, 2.05) is 6.26 Å². The SMILES string of the molecule is CCC(CSC)NC(=O)C(N)CCOC. The Morgan fingerprint density at radius 3 is 2.73 bits per heavy atom. The van der Waals surface area contributed by atoms with E-state index in [0.717, 1.165) is 12.2 Å². The zero-order valence-electron chi connectivity index (χ0n) is 9.79. The Morgan fingerprint density at radius 2 is 2.27 bits per heavy atom. The van der Waals surface area contributed by atoms with Crippen molar-refractivity contribution in [2.75, 3.05) is 25.7 Å². The summed E-state index contributed by atoms with van der Waals surface area (Å²) in [6.07, 6.45) is 3.53. The van der Waals surface area contributed by atoms with Crippen LogP contribution in [0.2, 0.25) is 0 Å². The summed E-state index contributed by atoms with van der Waals surface area (Å²) >= 11 is 1.73. The van der Waals surface area contributed by atoms with Gasteiger partial charge in [0.25, 0.3) is 0 Å². The molecule has 0 aliphatic carbocycles. The van der Waals surface area contributed by atoms with E-state index >= 15 is 0 Å². The molecular weight excluding hydrogens is 212 g/mol. The van der Waals surface area contributed by atoms with Crippen LogP contribution in [0, 0.1) is 0 Å². The number of methoxy groups -OCH3 is 1. The molecule has 0 heterocycles. The predicted molar refractivity (Wildman–Crippen MR) is 65.1 cm³/mol. The van der Waals surface area contributed by atoms with Crippen LogP contribution < -0.4 is 11.1 Å². The van der Waals surface area contributed by atoms with E-state index in [9.17, 15) is 4.79 Å². The van der Waals surface area contributed by atoms with Gasteiger partial charge in [-0.15, -0.1) is 0 Å². The Morgan fingerprint density at radius 1 is 1.60 bits per heavy atom. The maximum atomic E-state index is 11.6. The minimum Gasteiger partial charge on any atom is -0.385 e. The molecule has 0 fully saturated rings. The Kier molecular flexibility index (Phi) is 8.85. The quantitative estimate of drug-likeness (QED) is 0.646. The standard InChI is InChI=1S/C10H22N2O2S/c1-4-8(7-15-3)12-10(13)9(11)5-6-14-2/h8-9H,4-7,11H2,1-3H3,(H,12,13). The zero-order chi connectivity index (χ0) is 11.7. The second-order valence-electron chi connectivity index (χ2n) is 3.46. The van der Waals surface area contributed by atoms with Gasteiger partial charge < -0.3 is 15.8 Å². The fourth-order valence-corrected chi connectivity index (χ4v) is 1.87. The number of carbonyl (C=O) groups excluding carboxylic acids is 1. The lowest BCUT2D eigenvalue weighted by Gasteiger charge is -2.18. The van der Waals surface area contributed by atoms with E-state index < -0.39 is 6.04 Å². The molecular formula is C10H22N2O2S. The molecule has 1 amide bonds. The summed E-state index contributed by atoms with van der Waals surface area (Å²) in [5.74, 6) is 0.854. The first-order chi connectivity index (χ1) is 7.15. The third-order valence-corrected chi connectivity index (χ3v) is 2.91. The topological polar surface area (TPSA) is 64.4 Å². The molecule has 5 heteroatoms. The first-order valence-electron chi connectivity index (χ1n) is 5.19. The van der Waals surface area contributed by atoms with E-state index in [1.54, 1.807) is 18.9 Å². The minimum absolute atomic E-state index is 0.0760. The lowest BCUT2D eigenvalue weighted by Crippen LogP contribution is -2.46. The number of hydrogen-bond donors (Lipinski definition) is 2. The maximum Gasteiger partial charge on any atom is 0.237 e.